The van der Waals surface area contributed by atoms with E-state index in [4.69, 9.17) is 4.74 Å². The van der Waals surface area contributed by atoms with Crippen molar-refractivity contribution in [3.8, 4) is 0 Å². The van der Waals surface area contributed by atoms with Crippen molar-refractivity contribution in [3.63, 3.8) is 0 Å². The van der Waals surface area contributed by atoms with Gasteiger partial charge in [0.25, 0.3) is 5.91 Å². The first kappa shape index (κ1) is 20.5. The second-order valence-electron chi connectivity index (χ2n) is 6.81. The molecule has 1 aliphatic heterocycles. The zero-order valence-electron chi connectivity index (χ0n) is 15.9. The highest BCUT2D eigenvalue weighted by Gasteiger charge is 2.31. The van der Waals surface area contributed by atoms with Crippen LogP contribution in [0.3, 0.4) is 0 Å². The van der Waals surface area contributed by atoms with Gasteiger partial charge in [-0.25, -0.2) is 13.2 Å². The van der Waals surface area contributed by atoms with Crippen molar-refractivity contribution in [2.75, 3.05) is 23.0 Å². The number of ether oxygens (including phenoxy) is 1. The standard InChI is InChI=1S/C20H20N2O6S/c1-13(19(24)22-11-18(23)21-16-8-3-4-9-17(16)22)28-20(25)15-7-5-6-14(10-15)12-29(2,26)27/h3-10,13H,11-12H2,1-2H3,(H,21,23)/t13-/m0/s1. The molecule has 0 fully saturated rings. The lowest BCUT2D eigenvalue weighted by molar-refractivity contribution is -0.128. The lowest BCUT2D eigenvalue weighted by atomic mass is 10.1. The van der Waals surface area contributed by atoms with E-state index in [2.05, 4.69) is 5.32 Å². The number of nitrogens with zero attached hydrogens (tertiary/aromatic N) is 1. The molecule has 0 saturated heterocycles. The third-order valence-electron chi connectivity index (χ3n) is 4.26. The van der Waals surface area contributed by atoms with Gasteiger partial charge in [0, 0.05) is 6.26 Å². The van der Waals surface area contributed by atoms with E-state index in [1.807, 2.05) is 0 Å². The number of hydrogen-bond donors (Lipinski definition) is 1. The van der Waals surface area contributed by atoms with E-state index in [-0.39, 0.29) is 23.8 Å². The van der Waals surface area contributed by atoms with Crippen molar-refractivity contribution >= 4 is 39.0 Å². The second kappa shape index (κ2) is 8.04. The van der Waals surface area contributed by atoms with Gasteiger partial charge in [-0.15, -0.1) is 0 Å². The number of carbonyl (C=O) groups excluding carboxylic acids is 3. The van der Waals surface area contributed by atoms with Gasteiger partial charge >= 0.3 is 5.97 Å². The van der Waals surface area contributed by atoms with Crippen molar-refractivity contribution in [1.29, 1.82) is 0 Å². The van der Waals surface area contributed by atoms with Gasteiger partial charge in [-0.2, -0.15) is 0 Å². The van der Waals surface area contributed by atoms with E-state index in [0.717, 1.165) is 6.26 Å². The number of hydrogen-bond acceptors (Lipinski definition) is 6. The lowest BCUT2D eigenvalue weighted by Gasteiger charge is -2.30. The first-order valence-electron chi connectivity index (χ1n) is 8.82. The number of carbonyl (C=O) groups is 3. The highest BCUT2D eigenvalue weighted by atomic mass is 32.2. The minimum absolute atomic E-state index is 0.141. The summed E-state index contributed by atoms with van der Waals surface area (Å²) in [7, 11) is -3.26. The number of amides is 2. The lowest BCUT2D eigenvalue weighted by Crippen LogP contribution is -2.47. The smallest absolute Gasteiger partial charge is 0.338 e. The normalized spacial score (nSPS) is 14.6. The monoisotopic (exact) mass is 416 g/mol. The third kappa shape index (κ3) is 5.00. The molecule has 0 unspecified atom stereocenters. The molecular formula is C20H20N2O6S. The largest absolute Gasteiger partial charge is 0.449 e. The molecule has 2 aromatic carbocycles. The minimum atomic E-state index is -3.26. The van der Waals surface area contributed by atoms with E-state index in [1.165, 1.54) is 24.0 Å². The van der Waals surface area contributed by atoms with Crippen LogP contribution in [0.1, 0.15) is 22.8 Å². The summed E-state index contributed by atoms with van der Waals surface area (Å²) >= 11 is 0. The topological polar surface area (TPSA) is 110 Å². The molecule has 9 heteroatoms. The molecule has 1 atom stereocenters. The summed E-state index contributed by atoms with van der Waals surface area (Å²) < 4.78 is 28.2. The number of para-hydroxylation sites is 2. The summed E-state index contributed by atoms with van der Waals surface area (Å²) in [5, 5.41) is 2.69. The molecule has 0 bridgehead atoms. The zero-order chi connectivity index (χ0) is 21.2. The van der Waals surface area contributed by atoms with Gasteiger partial charge in [-0.3, -0.25) is 14.5 Å². The minimum Gasteiger partial charge on any atom is -0.449 e. The summed E-state index contributed by atoms with van der Waals surface area (Å²) in [6.07, 6.45) is -0.0363. The Labute approximate surface area is 168 Å². The van der Waals surface area contributed by atoms with E-state index in [0.29, 0.717) is 16.9 Å². The van der Waals surface area contributed by atoms with Crippen LogP contribution in [-0.2, 0) is 29.9 Å². The van der Waals surface area contributed by atoms with Crippen LogP contribution in [0.5, 0.6) is 0 Å². The maximum atomic E-state index is 12.8. The summed E-state index contributed by atoms with van der Waals surface area (Å²) in [4.78, 5) is 38.4. The maximum Gasteiger partial charge on any atom is 0.338 e. The van der Waals surface area contributed by atoms with Crippen LogP contribution in [0.4, 0.5) is 11.4 Å². The van der Waals surface area contributed by atoms with Gasteiger partial charge in [0.1, 0.15) is 6.54 Å². The van der Waals surface area contributed by atoms with Crippen LogP contribution in [-0.4, -0.2) is 45.1 Å². The number of anilines is 2. The first-order valence-corrected chi connectivity index (χ1v) is 10.9. The molecule has 3 rings (SSSR count). The van der Waals surface area contributed by atoms with Crippen molar-refractivity contribution in [1.82, 2.24) is 0 Å². The highest BCUT2D eigenvalue weighted by Crippen LogP contribution is 2.29. The first-order chi connectivity index (χ1) is 13.6. The second-order valence-corrected chi connectivity index (χ2v) is 8.95. The Hall–Kier alpha value is -3.20. The molecule has 1 heterocycles. The van der Waals surface area contributed by atoms with Crippen LogP contribution in [0.2, 0.25) is 0 Å². The van der Waals surface area contributed by atoms with Crippen molar-refractivity contribution < 1.29 is 27.5 Å². The van der Waals surface area contributed by atoms with Crippen LogP contribution in [0, 0.1) is 0 Å². The Kier molecular flexibility index (Phi) is 5.69. The molecule has 2 amide bonds. The van der Waals surface area contributed by atoms with Gasteiger partial charge in [-0.05, 0) is 36.8 Å². The van der Waals surface area contributed by atoms with Crippen molar-refractivity contribution in [2.45, 2.75) is 18.8 Å². The fourth-order valence-electron chi connectivity index (χ4n) is 3.02. The van der Waals surface area contributed by atoms with Crippen LogP contribution in [0.25, 0.3) is 0 Å². The number of rotatable bonds is 5. The molecule has 1 N–H and O–H groups in total. The van der Waals surface area contributed by atoms with E-state index < -0.39 is 27.8 Å². The van der Waals surface area contributed by atoms with Crippen molar-refractivity contribution in [3.05, 3.63) is 59.7 Å². The number of benzene rings is 2. The van der Waals surface area contributed by atoms with E-state index in [1.54, 1.807) is 36.4 Å². The van der Waals surface area contributed by atoms with Gasteiger partial charge in [0.05, 0.1) is 22.7 Å². The quantitative estimate of drug-likeness (QED) is 0.744. The fraction of sp³-hybridized carbons (Fsp3) is 0.250. The molecule has 2 aromatic rings. The van der Waals surface area contributed by atoms with Gasteiger partial charge in [0.15, 0.2) is 15.9 Å². The molecule has 29 heavy (non-hydrogen) atoms. The molecule has 0 radical (unpaired) electrons. The number of nitrogens with one attached hydrogen (secondary N) is 1. The fourth-order valence-corrected chi connectivity index (χ4v) is 3.80. The van der Waals surface area contributed by atoms with Gasteiger partial charge in [-0.1, -0.05) is 24.3 Å². The molecule has 0 spiro atoms. The Morgan fingerprint density at radius 1 is 1.17 bits per heavy atom. The van der Waals surface area contributed by atoms with Gasteiger partial charge in [0.2, 0.25) is 5.91 Å². The summed E-state index contributed by atoms with van der Waals surface area (Å²) in [6, 6.07) is 12.9. The molecule has 0 aliphatic carbocycles. The molecule has 8 nitrogen and oxygen atoms in total. The Bertz CT molecular complexity index is 1080. The maximum absolute atomic E-state index is 12.8. The predicted octanol–water partition coefficient (Wildman–Crippen LogP) is 1.76. The third-order valence-corrected chi connectivity index (χ3v) is 5.12. The highest BCUT2D eigenvalue weighted by molar-refractivity contribution is 7.89. The van der Waals surface area contributed by atoms with Crippen LogP contribution in [0.15, 0.2) is 48.5 Å². The molecule has 152 valence electrons. The molecular weight excluding hydrogens is 396 g/mol. The molecule has 1 aliphatic rings. The SMILES string of the molecule is C[C@H](OC(=O)c1cccc(CS(C)(=O)=O)c1)C(=O)N1CC(=O)Nc2ccccc21. The van der Waals surface area contributed by atoms with Crippen LogP contribution >= 0.6 is 0 Å². The Morgan fingerprint density at radius 3 is 2.62 bits per heavy atom. The van der Waals surface area contributed by atoms with E-state index in [9.17, 15) is 22.8 Å². The predicted molar refractivity (Wildman–Crippen MR) is 107 cm³/mol. The number of sulfone groups is 1. The van der Waals surface area contributed by atoms with Crippen molar-refractivity contribution in [2.24, 2.45) is 0 Å². The Morgan fingerprint density at radius 2 is 1.90 bits per heavy atom. The van der Waals surface area contributed by atoms with Crippen LogP contribution < -0.4 is 10.2 Å². The van der Waals surface area contributed by atoms with E-state index >= 15 is 0 Å². The zero-order valence-corrected chi connectivity index (χ0v) is 16.7. The number of fused-ring (bicyclic) bond motifs is 1. The summed E-state index contributed by atoms with van der Waals surface area (Å²) in [5.74, 6) is -1.84. The average Bonchev–Trinajstić information content (AvgIpc) is 2.65. The Balaban J connectivity index is 1.74. The summed E-state index contributed by atoms with van der Waals surface area (Å²) in [6.45, 7) is 1.25. The average molecular weight is 416 g/mol. The molecule has 0 aromatic heterocycles. The van der Waals surface area contributed by atoms with Gasteiger partial charge < -0.3 is 10.1 Å². The number of esters is 1. The summed E-state index contributed by atoms with van der Waals surface area (Å²) in [5.41, 5.74) is 1.62. The molecule has 0 saturated carbocycles.